The van der Waals surface area contributed by atoms with Gasteiger partial charge in [-0.2, -0.15) is 4.52 Å². The normalized spacial score (nSPS) is 10.6. The Kier molecular flexibility index (Phi) is 1.28. The summed E-state index contributed by atoms with van der Waals surface area (Å²) in [6, 6.07) is 1.91. The molecule has 11 heavy (non-hydrogen) atoms. The third-order valence-electron chi connectivity index (χ3n) is 1.54. The summed E-state index contributed by atoms with van der Waals surface area (Å²) in [5.74, 6) is 0.560. The largest absolute Gasteiger partial charge is 0.273 e. The van der Waals surface area contributed by atoms with Gasteiger partial charge in [0.2, 0.25) is 0 Å². The summed E-state index contributed by atoms with van der Waals surface area (Å²) in [4.78, 5) is 3.98. The second kappa shape index (κ2) is 2.26. The van der Waals surface area contributed by atoms with Crippen molar-refractivity contribution in [3.8, 4) is 0 Å². The lowest BCUT2D eigenvalue weighted by molar-refractivity contribution is 0.778. The first-order chi connectivity index (χ1) is 5.42. The van der Waals surface area contributed by atoms with Crippen molar-refractivity contribution in [2.45, 2.75) is 13.3 Å². The first-order valence-corrected chi connectivity index (χ1v) is 3.44. The molecule has 2 rings (SSSR count). The molecule has 0 atom stereocenters. The van der Waals surface area contributed by atoms with Crippen molar-refractivity contribution in [1.82, 2.24) is 25.0 Å². The van der Waals surface area contributed by atoms with Crippen LogP contribution in [0.25, 0.3) is 5.78 Å². The van der Waals surface area contributed by atoms with E-state index in [1.54, 1.807) is 10.7 Å². The van der Waals surface area contributed by atoms with Gasteiger partial charge in [0.05, 0.1) is 0 Å². The van der Waals surface area contributed by atoms with Crippen LogP contribution in [-0.2, 0) is 6.42 Å². The molecular formula is C6H7N5. The molecule has 0 fully saturated rings. The Morgan fingerprint density at radius 1 is 1.55 bits per heavy atom. The first kappa shape index (κ1) is 6.21. The monoisotopic (exact) mass is 149 g/mol. The zero-order chi connectivity index (χ0) is 7.68. The third-order valence-corrected chi connectivity index (χ3v) is 1.54. The van der Waals surface area contributed by atoms with Crippen LogP contribution in [0.3, 0.4) is 0 Å². The van der Waals surface area contributed by atoms with Crippen LogP contribution in [0.5, 0.6) is 0 Å². The standard InChI is InChI=1S/C6H7N5/c1-2-5-3-4-7-6-8-9-10-11(5)6/h3-4H,2H2,1H3. The third kappa shape index (κ3) is 0.849. The summed E-state index contributed by atoms with van der Waals surface area (Å²) in [7, 11) is 0. The molecule has 5 nitrogen and oxygen atoms in total. The van der Waals surface area contributed by atoms with Crippen LogP contribution < -0.4 is 0 Å². The highest BCUT2D eigenvalue weighted by molar-refractivity contribution is 5.24. The maximum atomic E-state index is 3.98. The van der Waals surface area contributed by atoms with Gasteiger partial charge in [-0.15, -0.1) is 0 Å². The van der Waals surface area contributed by atoms with Crippen LogP contribution in [0.2, 0.25) is 0 Å². The van der Waals surface area contributed by atoms with Gasteiger partial charge in [-0.3, -0.25) is 0 Å². The van der Waals surface area contributed by atoms with E-state index in [0.717, 1.165) is 12.1 Å². The minimum Gasteiger partial charge on any atom is -0.218 e. The van der Waals surface area contributed by atoms with Gasteiger partial charge in [-0.25, -0.2) is 4.98 Å². The van der Waals surface area contributed by atoms with Gasteiger partial charge in [0.25, 0.3) is 5.78 Å². The van der Waals surface area contributed by atoms with Gasteiger partial charge in [-0.1, -0.05) is 12.0 Å². The number of aryl methyl sites for hydroxylation is 1. The maximum Gasteiger partial charge on any atom is 0.273 e. The summed E-state index contributed by atoms with van der Waals surface area (Å²) in [6.07, 6.45) is 2.62. The molecule has 0 aliphatic carbocycles. The molecular weight excluding hydrogens is 142 g/mol. The minimum absolute atomic E-state index is 0.560. The molecule has 0 saturated heterocycles. The Bertz CT molecular complexity index is 366. The minimum atomic E-state index is 0.560. The van der Waals surface area contributed by atoms with Gasteiger partial charge in [0.15, 0.2) is 0 Å². The average molecular weight is 149 g/mol. The van der Waals surface area contributed by atoms with E-state index in [2.05, 4.69) is 27.4 Å². The fourth-order valence-electron chi connectivity index (χ4n) is 0.977. The number of hydrogen-bond donors (Lipinski definition) is 0. The van der Waals surface area contributed by atoms with Crippen molar-refractivity contribution >= 4 is 5.78 Å². The van der Waals surface area contributed by atoms with Crippen molar-refractivity contribution < 1.29 is 0 Å². The van der Waals surface area contributed by atoms with Crippen LogP contribution >= 0.6 is 0 Å². The molecule has 2 aromatic rings. The highest BCUT2D eigenvalue weighted by Gasteiger charge is 2.00. The van der Waals surface area contributed by atoms with E-state index in [-0.39, 0.29) is 0 Å². The van der Waals surface area contributed by atoms with Crippen molar-refractivity contribution in [3.05, 3.63) is 18.0 Å². The summed E-state index contributed by atoms with van der Waals surface area (Å²) in [5, 5.41) is 11.0. The van der Waals surface area contributed by atoms with Crippen LogP contribution in [0.1, 0.15) is 12.6 Å². The summed E-state index contributed by atoms with van der Waals surface area (Å²) in [5.41, 5.74) is 1.07. The smallest absolute Gasteiger partial charge is 0.218 e. The Morgan fingerprint density at radius 2 is 2.45 bits per heavy atom. The average Bonchev–Trinajstić information content (AvgIpc) is 2.50. The molecule has 0 radical (unpaired) electrons. The molecule has 0 spiro atoms. The SMILES string of the molecule is CCc1ccnc2nnnn12. The van der Waals surface area contributed by atoms with Gasteiger partial charge in [0.1, 0.15) is 0 Å². The highest BCUT2D eigenvalue weighted by Crippen LogP contribution is 1.98. The van der Waals surface area contributed by atoms with Crippen LogP contribution in [0, 0.1) is 0 Å². The summed E-state index contributed by atoms with van der Waals surface area (Å²) < 4.78 is 1.64. The number of tetrazole rings is 1. The lowest BCUT2D eigenvalue weighted by Crippen LogP contribution is -1.98. The fourth-order valence-corrected chi connectivity index (χ4v) is 0.977. The quantitative estimate of drug-likeness (QED) is 0.576. The van der Waals surface area contributed by atoms with E-state index in [0.29, 0.717) is 5.78 Å². The molecule has 5 heteroatoms. The predicted molar refractivity (Wildman–Crippen MR) is 38.0 cm³/mol. The van der Waals surface area contributed by atoms with Crippen molar-refractivity contribution in [1.29, 1.82) is 0 Å². The van der Waals surface area contributed by atoms with E-state index in [1.807, 2.05) is 6.07 Å². The van der Waals surface area contributed by atoms with Crippen molar-refractivity contribution in [2.24, 2.45) is 0 Å². The molecule has 2 heterocycles. The predicted octanol–water partition coefficient (Wildman–Crippen LogP) is 0.0817. The molecule has 0 N–H and O–H groups in total. The Morgan fingerprint density at radius 3 is 3.27 bits per heavy atom. The number of hydrogen-bond acceptors (Lipinski definition) is 4. The first-order valence-electron chi connectivity index (χ1n) is 3.44. The molecule has 0 saturated carbocycles. The van der Waals surface area contributed by atoms with Crippen molar-refractivity contribution in [3.63, 3.8) is 0 Å². The van der Waals surface area contributed by atoms with E-state index in [9.17, 15) is 0 Å². The van der Waals surface area contributed by atoms with Gasteiger partial charge in [0, 0.05) is 11.9 Å². The van der Waals surface area contributed by atoms with Crippen LogP contribution in [-0.4, -0.2) is 25.0 Å². The van der Waals surface area contributed by atoms with E-state index < -0.39 is 0 Å². The van der Waals surface area contributed by atoms with E-state index in [4.69, 9.17) is 0 Å². The fraction of sp³-hybridized carbons (Fsp3) is 0.333. The highest BCUT2D eigenvalue weighted by atomic mass is 15.5. The molecule has 0 amide bonds. The molecule has 2 aromatic heterocycles. The van der Waals surface area contributed by atoms with Gasteiger partial charge < -0.3 is 0 Å². The molecule has 0 bridgehead atoms. The second-order valence-electron chi connectivity index (χ2n) is 2.18. The Balaban J connectivity index is 2.79. The zero-order valence-electron chi connectivity index (χ0n) is 6.10. The molecule has 56 valence electrons. The Hall–Kier alpha value is -1.52. The maximum absolute atomic E-state index is 3.98. The number of aromatic nitrogens is 5. The Labute approximate surface area is 63.1 Å². The summed E-state index contributed by atoms with van der Waals surface area (Å²) in [6.45, 7) is 2.05. The van der Waals surface area contributed by atoms with Crippen LogP contribution in [0.15, 0.2) is 12.3 Å². The van der Waals surface area contributed by atoms with Gasteiger partial charge in [-0.05, 0) is 22.9 Å². The van der Waals surface area contributed by atoms with Crippen molar-refractivity contribution in [2.75, 3.05) is 0 Å². The molecule has 0 aliphatic heterocycles. The summed E-state index contributed by atoms with van der Waals surface area (Å²) >= 11 is 0. The molecule has 0 aliphatic rings. The van der Waals surface area contributed by atoms with E-state index in [1.165, 1.54) is 0 Å². The number of nitrogens with zero attached hydrogens (tertiary/aromatic N) is 5. The molecule has 0 unspecified atom stereocenters. The number of rotatable bonds is 1. The lowest BCUT2D eigenvalue weighted by Gasteiger charge is -1.95. The second-order valence-corrected chi connectivity index (χ2v) is 2.18. The lowest BCUT2D eigenvalue weighted by atomic mass is 10.3. The molecule has 0 aromatic carbocycles. The topological polar surface area (TPSA) is 56.0 Å². The van der Waals surface area contributed by atoms with Gasteiger partial charge >= 0.3 is 0 Å². The van der Waals surface area contributed by atoms with Crippen LogP contribution in [0.4, 0.5) is 0 Å². The number of fused-ring (bicyclic) bond motifs is 1. The zero-order valence-corrected chi connectivity index (χ0v) is 6.10. The van der Waals surface area contributed by atoms with E-state index >= 15 is 0 Å².